The Hall–Kier alpha value is -2.11. The molecule has 1 aromatic carbocycles. The topological polar surface area (TPSA) is 45.7 Å². The second kappa shape index (κ2) is 8.83. The molecule has 5 nitrogen and oxygen atoms in total. The summed E-state index contributed by atoms with van der Waals surface area (Å²) in [5.74, 6) is 0.886. The first-order valence-electron chi connectivity index (χ1n) is 8.48. The molecule has 0 radical (unpaired) electrons. The number of hydrogen-bond donors (Lipinski definition) is 0. The summed E-state index contributed by atoms with van der Waals surface area (Å²) in [6, 6.07) is 11.2. The van der Waals surface area contributed by atoms with E-state index in [0.717, 1.165) is 38.5 Å². The van der Waals surface area contributed by atoms with Crippen LogP contribution in [0, 0.1) is 0 Å². The van der Waals surface area contributed by atoms with Crippen LogP contribution in [0.1, 0.15) is 12.0 Å². The van der Waals surface area contributed by atoms with E-state index in [-0.39, 0.29) is 5.91 Å². The average Bonchev–Trinajstić information content (AvgIpc) is 2.65. The van der Waals surface area contributed by atoms with E-state index in [9.17, 15) is 4.79 Å². The Balaban J connectivity index is 1.37. The quantitative estimate of drug-likeness (QED) is 0.795. The van der Waals surface area contributed by atoms with Crippen LogP contribution in [0.25, 0.3) is 0 Å². The van der Waals surface area contributed by atoms with E-state index >= 15 is 0 Å². The van der Waals surface area contributed by atoms with E-state index in [1.54, 1.807) is 12.1 Å². The zero-order valence-electron chi connectivity index (χ0n) is 14.1. The summed E-state index contributed by atoms with van der Waals surface area (Å²) in [4.78, 5) is 20.6. The summed E-state index contributed by atoms with van der Waals surface area (Å²) in [6.07, 6.45) is 4.03. The zero-order valence-corrected chi connectivity index (χ0v) is 14.9. The van der Waals surface area contributed by atoms with Crippen LogP contribution >= 0.6 is 11.6 Å². The lowest BCUT2D eigenvalue weighted by Crippen LogP contribution is -2.48. The van der Waals surface area contributed by atoms with Gasteiger partial charge in [0.05, 0.1) is 13.0 Å². The summed E-state index contributed by atoms with van der Waals surface area (Å²) >= 11 is 5.84. The van der Waals surface area contributed by atoms with Crippen molar-refractivity contribution in [1.29, 1.82) is 0 Å². The van der Waals surface area contributed by atoms with Crippen molar-refractivity contribution >= 4 is 17.5 Å². The maximum absolute atomic E-state index is 12.3. The van der Waals surface area contributed by atoms with Gasteiger partial charge in [-0.05, 0) is 42.0 Å². The van der Waals surface area contributed by atoms with Gasteiger partial charge in [0, 0.05) is 50.1 Å². The molecule has 0 saturated carbocycles. The number of piperazine rings is 1. The van der Waals surface area contributed by atoms with Crippen LogP contribution < -0.4 is 4.74 Å². The van der Waals surface area contributed by atoms with Gasteiger partial charge >= 0.3 is 0 Å². The van der Waals surface area contributed by atoms with Crippen molar-refractivity contribution in [2.24, 2.45) is 0 Å². The summed E-state index contributed by atoms with van der Waals surface area (Å²) in [6.45, 7) is 4.62. The largest absolute Gasteiger partial charge is 0.493 e. The minimum atomic E-state index is 0.150. The van der Waals surface area contributed by atoms with Crippen molar-refractivity contribution in [3.05, 3.63) is 59.4 Å². The van der Waals surface area contributed by atoms with E-state index in [0.29, 0.717) is 18.1 Å². The number of carbonyl (C=O) groups excluding carboxylic acids is 1. The smallest absolute Gasteiger partial charge is 0.226 e. The van der Waals surface area contributed by atoms with Crippen molar-refractivity contribution in [2.45, 2.75) is 13.0 Å². The van der Waals surface area contributed by atoms with Crippen molar-refractivity contribution in [3.63, 3.8) is 0 Å². The standard InChI is InChI=1S/C19H22ClN3O2/c20-17-1-3-18(4-2-17)25-14-7-19(24)23-12-10-22(11-13-23)15-16-5-8-21-9-6-16/h1-6,8-9H,7,10-15H2. The van der Waals surface area contributed by atoms with Crippen LogP contribution in [0.3, 0.4) is 0 Å². The summed E-state index contributed by atoms with van der Waals surface area (Å²) in [5, 5.41) is 0.674. The molecule has 1 aliphatic heterocycles. The summed E-state index contributed by atoms with van der Waals surface area (Å²) in [5.41, 5.74) is 1.26. The Morgan fingerprint density at radius 3 is 2.40 bits per heavy atom. The van der Waals surface area contributed by atoms with Gasteiger partial charge in [-0.2, -0.15) is 0 Å². The summed E-state index contributed by atoms with van der Waals surface area (Å²) < 4.78 is 5.60. The van der Waals surface area contributed by atoms with Gasteiger partial charge in [0.1, 0.15) is 5.75 Å². The Morgan fingerprint density at radius 1 is 1.04 bits per heavy atom. The predicted octanol–water partition coefficient (Wildman–Crippen LogP) is 2.85. The third kappa shape index (κ3) is 5.44. The number of rotatable bonds is 6. The monoisotopic (exact) mass is 359 g/mol. The number of carbonyl (C=O) groups is 1. The molecule has 0 spiro atoms. The van der Waals surface area contributed by atoms with Gasteiger partial charge in [-0.1, -0.05) is 11.6 Å². The fourth-order valence-corrected chi connectivity index (χ4v) is 2.97. The predicted molar refractivity (Wildman–Crippen MR) is 97.7 cm³/mol. The van der Waals surface area contributed by atoms with E-state index < -0.39 is 0 Å². The minimum Gasteiger partial charge on any atom is -0.493 e. The Morgan fingerprint density at radius 2 is 1.72 bits per heavy atom. The fraction of sp³-hybridized carbons (Fsp3) is 0.368. The van der Waals surface area contributed by atoms with Crippen LogP contribution in [0.4, 0.5) is 0 Å². The fourth-order valence-electron chi connectivity index (χ4n) is 2.85. The lowest BCUT2D eigenvalue weighted by Gasteiger charge is -2.34. The van der Waals surface area contributed by atoms with E-state index in [2.05, 4.69) is 9.88 Å². The number of hydrogen-bond acceptors (Lipinski definition) is 4. The highest BCUT2D eigenvalue weighted by Crippen LogP contribution is 2.16. The van der Waals surface area contributed by atoms with Crippen molar-refractivity contribution in [2.75, 3.05) is 32.8 Å². The first-order chi connectivity index (χ1) is 12.2. The Labute approximate surface area is 153 Å². The SMILES string of the molecule is O=C(CCOc1ccc(Cl)cc1)N1CCN(Cc2ccncc2)CC1. The molecule has 3 rings (SSSR count). The molecule has 2 aromatic rings. The molecule has 1 saturated heterocycles. The number of aromatic nitrogens is 1. The lowest BCUT2D eigenvalue weighted by atomic mass is 10.2. The van der Waals surface area contributed by atoms with Gasteiger partial charge in [-0.3, -0.25) is 14.7 Å². The van der Waals surface area contributed by atoms with E-state index in [4.69, 9.17) is 16.3 Å². The van der Waals surface area contributed by atoms with Crippen LogP contribution in [0.5, 0.6) is 5.75 Å². The van der Waals surface area contributed by atoms with Crippen molar-refractivity contribution < 1.29 is 9.53 Å². The van der Waals surface area contributed by atoms with Gasteiger partial charge < -0.3 is 9.64 Å². The Kier molecular flexibility index (Phi) is 6.25. The van der Waals surface area contributed by atoms with Gasteiger partial charge in [0.25, 0.3) is 0 Å². The Bertz CT molecular complexity index is 671. The van der Waals surface area contributed by atoms with Crippen LogP contribution in [0.15, 0.2) is 48.8 Å². The van der Waals surface area contributed by atoms with Crippen LogP contribution in [-0.4, -0.2) is 53.5 Å². The molecule has 1 aliphatic rings. The van der Waals surface area contributed by atoms with Crippen molar-refractivity contribution in [1.82, 2.24) is 14.8 Å². The first kappa shape index (κ1) is 17.7. The third-order valence-electron chi connectivity index (χ3n) is 4.28. The first-order valence-corrected chi connectivity index (χ1v) is 8.86. The highest BCUT2D eigenvalue weighted by molar-refractivity contribution is 6.30. The number of benzene rings is 1. The van der Waals surface area contributed by atoms with E-state index in [1.165, 1.54) is 5.56 Å². The second-order valence-corrected chi connectivity index (χ2v) is 6.50. The number of pyridine rings is 1. The third-order valence-corrected chi connectivity index (χ3v) is 4.53. The van der Waals surface area contributed by atoms with Gasteiger partial charge in [-0.25, -0.2) is 0 Å². The molecule has 0 unspecified atom stereocenters. The molecule has 25 heavy (non-hydrogen) atoms. The molecule has 132 valence electrons. The number of nitrogens with zero attached hydrogens (tertiary/aromatic N) is 3. The number of amides is 1. The van der Waals surface area contributed by atoms with Gasteiger partial charge in [0.2, 0.25) is 5.91 Å². The highest BCUT2D eigenvalue weighted by atomic mass is 35.5. The zero-order chi connectivity index (χ0) is 17.5. The maximum Gasteiger partial charge on any atom is 0.226 e. The minimum absolute atomic E-state index is 0.150. The highest BCUT2D eigenvalue weighted by Gasteiger charge is 2.20. The molecule has 1 aromatic heterocycles. The molecule has 0 atom stereocenters. The normalized spacial score (nSPS) is 15.2. The molecule has 1 amide bonds. The van der Waals surface area contributed by atoms with Crippen molar-refractivity contribution in [3.8, 4) is 5.75 Å². The molecule has 2 heterocycles. The number of ether oxygens (including phenoxy) is 1. The molecule has 1 fully saturated rings. The maximum atomic E-state index is 12.3. The molecule has 0 aliphatic carbocycles. The molecular formula is C19H22ClN3O2. The molecule has 0 bridgehead atoms. The van der Waals surface area contributed by atoms with Crippen LogP contribution in [-0.2, 0) is 11.3 Å². The molecule has 0 N–H and O–H groups in total. The summed E-state index contributed by atoms with van der Waals surface area (Å²) in [7, 11) is 0. The van der Waals surface area contributed by atoms with E-state index in [1.807, 2.05) is 41.6 Å². The average molecular weight is 360 g/mol. The van der Waals surface area contributed by atoms with Gasteiger partial charge in [0.15, 0.2) is 0 Å². The van der Waals surface area contributed by atoms with Gasteiger partial charge in [-0.15, -0.1) is 0 Å². The number of halogens is 1. The second-order valence-electron chi connectivity index (χ2n) is 6.06. The molecular weight excluding hydrogens is 338 g/mol. The lowest BCUT2D eigenvalue weighted by molar-refractivity contribution is -0.133. The molecule has 6 heteroatoms. The van der Waals surface area contributed by atoms with Crippen LogP contribution in [0.2, 0.25) is 5.02 Å².